The molecule has 1 saturated carbocycles. The lowest BCUT2D eigenvalue weighted by molar-refractivity contribution is -0.137. The highest BCUT2D eigenvalue weighted by Gasteiger charge is 2.37. The molecular weight excluding hydrogens is 504 g/mol. The maximum Gasteiger partial charge on any atom is 0.304 e. The smallest absolute Gasteiger partial charge is 0.304 e. The Morgan fingerprint density at radius 1 is 1.14 bits per heavy atom. The first-order valence-corrected chi connectivity index (χ1v) is 14.8. The minimum absolute atomic E-state index is 0.0235. The second-order valence-corrected chi connectivity index (χ2v) is 13.0. The standard InChI is InChI=1S/C25H30N2O7S2/c28-21(29)14-16-2-1-3-20-22(16)26-25(35-20)27-24(30)23(34-17-10-12-33-13-11-17)15-4-6-18(7-5-15)36(31,32)19-8-9-19/h4-7,16-17,19,23H,1-3,8-14H2,(H,28,29)(H,26,27,30). The number of hydrogen-bond acceptors (Lipinski definition) is 8. The number of carbonyl (C=O) groups excluding carboxylic acids is 1. The van der Waals surface area contributed by atoms with E-state index in [0.717, 1.165) is 29.8 Å². The van der Waals surface area contributed by atoms with Crippen molar-refractivity contribution in [2.75, 3.05) is 18.5 Å². The molecule has 36 heavy (non-hydrogen) atoms. The minimum atomic E-state index is -3.33. The number of nitrogens with zero attached hydrogens (tertiary/aromatic N) is 1. The molecule has 3 aliphatic rings. The second kappa shape index (κ2) is 10.6. The van der Waals surface area contributed by atoms with E-state index >= 15 is 0 Å². The Kier molecular flexibility index (Phi) is 7.43. The van der Waals surface area contributed by atoms with Gasteiger partial charge in [-0.05, 0) is 62.6 Å². The molecule has 5 rings (SSSR count). The van der Waals surface area contributed by atoms with Crippen molar-refractivity contribution in [3.05, 3.63) is 40.4 Å². The van der Waals surface area contributed by atoms with E-state index in [1.165, 1.54) is 11.3 Å². The zero-order valence-electron chi connectivity index (χ0n) is 19.9. The number of benzene rings is 1. The molecule has 2 fully saturated rings. The Morgan fingerprint density at radius 2 is 1.86 bits per heavy atom. The molecular formula is C25H30N2O7S2. The average Bonchev–Trinajstić information content (AvgIpc) is 3.64. The molecule has 1 aliphatic heterocycles. The monoisotopic (exact) mass is 534 g/mol. The van der Waals surface area contributed by atoms with Gasteiger partial charge in [-0.2, -0.15) is 0 Å². The fraction of sp³-hybridized carbons (Fsp3) is 0.560. The van der Waals surface area contributed by atoms with Crippen LogP contribution in [0.5, 0.6) is 0 Å². The fourth-order valence-corrected chi connectivity index (χ4v) is 7.59. The van der Waals surface area contributed by atoms with E-state index in [1.807, 2.05) is 0 Å². The normalized spacial score (nSPS) is 21.5. The van der Waals surface area contributed by atoms with E-state index in [2.05, 4.69) is 10.3 Å². The van der Waals surface area contributed by atoms with Crippen LogP contribution < -0.4 is 5.32 Å². The van der Waals surface area contributed by atoms with Gasteiger partial charge in [-0.25, -0.2) is 13.4 Å². The summed E-state index contributed by atoms with van der Waals surface area (Å²) < 4.78 is 36.8. The van der Waals surface area contributed by atoms with Crippen molar-refractivity contribution in [2.24, 2.45) is 0 Å². The highest BCUT2D eigenvalue weighted by Crippen LogP contribution is 2.39. The molecule has 194 valence electrons. The van der Waals surface area contributed by atoms with Crippen molar-refractivity contribution in [1.29, 1.82) is 0 Å². The number of fused-ring (bicyclic) bond motifs is 1. The van der Waals surface area contributed by atoms with Gasteiger partial charge in [0.2, 0.25) is 0 Å². The Morgan fingerprint density at radius 3 is 2.53 bits per heavy atom. The number of nitrogens with one attached hydrogen (secondary N) is 1. The summed E-state index contributed by atoms with van der Waals surface area (Å²) in [5, 5.41) is 12.2. The quantitative estimate of drug-likeness (QED) is 0.496. The lowest BCUT2D eigenvalue weighted by Crippen LogP contribution is -2.31. The summed E-state index contributed by atoms with van der Waals surface area (Å²) in [6.07, 6.45) is 4.11. The molecule has 2 heterocycles. The van der Waals surface area contributed by atoms with Gasteiger partial charge < -0.3 is 14.6 Å². The zero-order valence-corrected chi connectivity index (χ0v) is 21.5. The maximum absolute atomic E-state index is 13.4. The van der Waals surface area contributed by atoms with Crippen LogP contribution in [0.15, 0.2) is 29.2 Å². The number of sulfone groups is 1. The molecule has 2 atom stereocenters. The summed E-state index contributed by atoms with van der Waals surface area (Å²) in [7, 11) is -3.33. The van der Waals surface area contributed by atoms with Crippen LogP contribution in [0.25, 0.3) is 0 Å². The lowest BCUT2D eigenvalue weighted by atomic mass is 9.89. The van der Waals surface area contributed by atoms with Crippen LogP contribution in [0, 0.1) is 0 Å². The Bertz CT molecular complexity index is 1220. The van der Waals surface area contributed by atoms with Crippen LogP contribution in [-0.2, 0) is 35.3 Å². The zero-order chi connectivity index (χ0) is 25.3. The summed E-state index contributed by atoms with van der Waals surface area (Å²) in [6.45, 7) is 1.11. The number of amides is 1. The third-order valence-electron chi connectivity index (χ3n) is 6.93. The van der Waals surface area contributed by atoms with Crippen molar-refractivity contribution >= 4 is 38.2 Å². The number of carboxylic acid groups (broad SMARTS) is 1. The van der Waals surface area contributed by atoms with E-state index in [1.54, 1.807) is 24.3 Å². The van der Waals surface area contributed by atoms with Crippen LogP contribution in [0.2, 0.25) is 0 Å². The van der Waals surface area contributed by atoms with Crippen LogP contribution in [0.3, 0.4) is 0 Å². The SMILES string of the molecule is O=C(O)CC1CCCc2sc(NC(=O)C(OC3CCOCC3)c3ccc(S(=O)(=O)C4CC4)cc3)nc21. The van der Waals surface area contributed by atoms with Crippen LogP contribution >= 0.6 is 11.3 Å². The number of carboxylic acids is 1. The van der Waals surface area contributed by atoms with Gasteiger partial charge in [0.1, 0.15) is 0 Å². The molecule has 9 nitrogen and oxygen atoms in total. The van der Waals surface area contributed by atoms with Crippen molar-refractivity contribution in [3.63, 3.8) is 0 Å². The Balaban J connectivity index is 1.36. The Labute approximate surface area is 214 Å². The molecule has 2 N–H and O–H groups in total. The van der Waals surface area contributed by atoms with Gasteiger partial charge >= 0.3 is 5.97 Å². The first-order valence-electron chi connectivity index (χ1n) is 12.4. The molecule has 1 aromatic carbocycles. The summed E-state index contributed by atoms with van der Waals surface area (Å²) in [4.78, 5) is 30.6. The van der Waals surface area contributed by atoms with E-state index in [0.29, 0.717) is 49.6 Å². The van der Waals surface area contributed by atoms with Crippen molar-refractivity contribution in [1.82, 2.24) is 4.98 Å². The number of hydrogen-bond donors (Lipinski definition) is 2. The number of aryl methyl sites for hydroxylation is 1. The van der Waals surface area contributed by atoms with Gasteiger partial charge in [0.25, 0.3) is 5.91 Å². The largest absolute Gasteiger partial charge is 0.481 e. The number of carbonyl (C=O) groups is 2. The van der Waals surface area contributed by atoms with Crippen molar-refractivity contribution < 1.29 is 32.6 Å². The third kappa shape index (κ3) is 5.64. The minimum Gasteiger partial charge on any atom is -0.481 e. The fourth-order valence-electron chi connectivity index (χ4n) is 4.84. The number of aliphatic carboxylic acids is 1. The first-order chi connectivity index (χ1) is 17.3. The summed E-state index contributed by atoms with van der Waals surface area (Å²) in [5.74, 6) is -1.40. The maximum atomic E-state index is 13.4. The van der Waals surface area contributed by atoms with Gasteiger partial charge in [0.05, 0.1) is 28.4 Å². The van der Waals surface area contributed by atoms with Gasteiger partial charge in [0.15, 0.2) is 21.1 Å². The van der Waals surface area contributed by atoms with Gasteiger partial charge in [-0.15, -0.1) is 11.3 Å². The van der Waals surface area contributed by atoms with E-state index < -0.39 is 21.9 Å². The van der Waals surface area contributed by atoms with Crippen LogP contribution in [-0.4, -0.2) is 55.0 Å². The summed E-state index contributed by atoms with van der Waals surface area (Å²) >= 11 is 1.38. The van der Waals surface area contributed by atoms with Gasteiger partial charge in [0, 0.05) is 24.0 Å². The highest BCUT2D eigenvalue weighted by atomic mass is 32.2. The van der Waals surface area contributed by atoms with Gasteiger partial charge in [-0.1, -0.05) is 12.1 Å². The molecule has 2 aromatic rings. The van der Waals surface area contributed by atoms with E-state index in [-0.39, 0.29) is 34.5 Å². The summed E-state index contributed by atoms with van der Waals surface area (Å²) in [5.41, 5.74) is 1.33. The third-order valence-corrected chi connectivity index (χ3v) is 10.3. The van der Waals surface area contributed by atoms with Crippen molar-refractivity contribution in [2.45, 2.75) is 79.6 Å². The lowest BCUT2D eigenvalue weighted by Gasteiger charge is -2.27. The average molecular weight is 535 g/mol. The second-order valence-electron chi connectivity index (χ2n) is 9.64. The first kappa shape index (κ1) is 25.3. The highest BCUT2D eigenvalue weighted by molar-refractivity contribution is 7.92. The van der Waals surface area contributed by atoms with Crippen molar-refractivity contribution in [3.8, 4) is 0 Å². The van der Waals surface area contributed by atoms with Crippen LogP contribution in [0.4, 0.5) is 5.13 Å². The number of aromatic nitrogens is 1. The molecule has 2 aliphatic carbocycles. The molecule has 2 unspecified atom stereocenters. The summed E-state index contributed by atoms with van der Waals surface area (Å²) in [6, 6.07) is 6.40. The number of anilines is 1. The predicted molar refractivity (Wildman–Crippen MR) is 133 cm³/mol. The molecule has 1 amide bonds. The number of ether oxygens (including phenoxy) is 2. The van der Waals surface area contributed by atoms with Crippen LogP contribution in [0.1, 0.15) is 73.1 Å². The molecule has 1 aromatic heterocycles. The molecule has 0 bridgehead atoms. The Hall–Kier alpha value is -2.34. The van der Waals surface area contributed by atoms with E-state index in [9.17, 15) is 23.1 Å². The topological polar surface area (TPSA) is 132 Å². The molecule has 0 spiro atoms. The van der Waals surface area contributed by atoms with E-state index in [4.69, 9.17) is 9.47 Å². The molecule has 0 radical (unpaired) electrons. The predicted octanol–water partition coefficient (Wildman–Crippen LogP) is 3.85. The molecule has 1 saturated heterocycles. The number of thiazole rings is 1. The molecule has 11 heteroatoms. The number of rotatable bonds is 9. The van der Waals surface area contributed by atoms with Gasteiger partial charge in [-0.3, -0.25) is 14.9 Å².